The van der Waals surface area contributed by atoms with Gasteiger partial charge in [-0.3, -0.25) is 4.79 Å². The van der Waals surface area contributed by atoms with E-state index in [1.165, 1.54) is 16.4 Å². The fourth-order valence-electron chi connectivity index (χ4n) is 8.63. The first-order valence-corrected chi connectivity index (χ1v) is 18.3. The molecule has 6 nitrogen and oxygen atoms in total. The van der Waals surface area contributed by atoms with E-state index in [0.29, 0.717) is 47.0 Å². The fraction of sp³-hybridized carbons (Fsp3) is 0.735. The SMILES string of the molecule is C#CCOc1ccc(S(=O)(=O)N2CCSC(C3CC(C)CCC3C(C)C)(C3CC(C)CCC3C(C)C)[C@@H]2C(=O)O)cc1. The number of rotatable bonds is 9. The lowest BCUT2D eigenvalue weighted by atomic mass is 9.54. The molecule has 0 spiro atoms. The zero-order chi connectivity index (χ0) is 30.8. The first-order valence-electron chi connectivity index (χ1n) is 15.9. The minimum atomic E-state index is -4.10. The summed E-state index contributed by atoms with van der Waals surface area (Å²) in [7, 11) is -4.10. The van der Waals surface area contributed by atoms with Crippen LogP contribution < -0.4 is 4.74 Å². The summed E-state index contributed by atoms with van der Waals surface area (Å²) >= 11 is 1.81. The van der Waals surface area contributed by atoms with Crippen molar-refractivity contribution < 1.29 is 23.1 Å². The molecule has 1 aromatic rings. The molecule has 8 heteroatoms. The highest BCUT2D eigenvalue weighted by atomic mass is 32.2. The van der Waals surface area contributed by atoms with Gasteiger partial charge in [0.25, 0.3) is 0 Å². The van der Waals surface area contributed by atoms with Crippen LogP contribution in [0.25, 0.3) is 0 Å². The maximum atomic E-state index is 14.4. The Morgan fingerprint density at radius 3 is 2.00 bits per heavy atom. The third-order valence-electron chi connectivity index (χ3n) is 10.6. The predicted molar refractivity (Wildman–Crippen MR) is 171 cm³/mol. The molecule has 3 fully saturated rings. The van der Waals surface area contributed by atoms with E-state index in [1.54, 1.807) is 12.1 Å². The summed E-state index contributed by atoms with van der Waals surface area (Å²) in [6.45, 7) is 13.9. The normalized spacial score (nSPS) is 34.7. The summed E-state index contributed by atoms with van der Waals surface area (Å²) in [6, 6.07) is 5.10. The highest BCUT2D eigenvalue weighted by molar-refractivity contribution is 8.01. The number of carboxylic acids is 1. The number of hydrogen-bond acceptors (Lipinski definition) is 5. The highest BCUT2D eigenvalue weighted by Crippen LogP contribution is 2.61. The molecule has 1 N–H and O–H groups in total. The Kier molecular flexibility index (Phi) is 10.7. The van der Waals surface area contributed by atoms with Crippen LogP contribution in [0.15, 0.2) is 29.2 Å². The molecule has 4 rings (SSSR count). The number of benzene rings is 1. The van der Waals surface area contributed by atoms with Crippen LogP contribution in [-0.2, 0) is 14.8 Å². The molecule has 1 heterocycles. The number of terminal acetylenes is 1. The van der Waals surface area contributed by atoms with Gasteiger partial charge in [0.1, 0.15) is 18.4 Å². The molecule has 0 bridgehead atoms. The van der Waals surface area contributed by atoms with Crippen LogP contribution in [0.5, 0.6) is 5.75 Å². The average Bonchev–Trinajstić information content (AvgIpc) is 2.95. The molecule has 0 aromatic heterocycles. The third-order valence-corrected chi connectivity index (χ3v) is 14.2. The summed E-state index contributed by atoms with van der Waals surface area (Å²) in [5, 5.41) is 11.2. The first kappa shape index (κ1) is 33.2. The van der Waals surface area contributed by atoms with Crippen molar-refractivity contribution in [2.75, 3.05) is 18.9 Å². The minimum Gasteiger partial charge on any atom is -0.481 e. The number of carboxylic acid groups (broad SMARTS) is 1. The zero-order valence-corrected chi connectivity index (χ0v) is 27.9. The van der Waals surface area contributed by atoms with Gasteiger partial charge in [0.15, 0.2) is 0 Å². The summed E-state index contributed by atoms with van der Waals surface area (Å²) in [4.78, 5) is 13.8. The molecule has 1 aromatic carbocycles. The van der Waals surface area contributed by atoms with Crippen molar-refractivity contribution in [2.24, 2.45) is 47.3 Å². The van der Waals surface area contributed by atoms with Crippen molar-refractivity contribution in [2.45, 2.75) is 95.8 Å². The van der Waals surface area contributed by atoms with Gasteiger partial charge in [0.2, 0.25) is 10.0 Å². The molecule has 0 radical (unpaired) electrons. The lowest BCUT2D eigenvalue weighted by Gasteiger charge is -2.61. The second kappa shape index (κ2) is 13.5. The van der Waals surface area contributed by atoms with Crippen molar-refractivity contribution in [3.8, 4) is 18.1 Å². The monoisotopic (exact) mass is 617 g/mol. The molecular weight excluding hydrogens is 567 g/mol. The predicted octanol–water partition coefficient (Wildman–Crippen LogP) is 7.04. The van der Waals surface area contributed by atoms with Gasteiger partial charge in [-0.2, -0.15) is 16.1 Å². The van der Waals surface area contributed by atoms with E-state index in [4.69, 9.17) is 11.2 Å². The molecule has 0 amide bonds. The van der Waals surface area contributed by atoms with Crippen LogP contribution >= 0.6 is 11.8 Å². The molecule has 2 saturated carbocycles. The van der Waals surface area contributed by atoms with Gasteiger partial charge in [0.05, 0.1) is 4.90 Å². The first-order chi connectivity index (χ1) is 19.8. The quantitative estimate of drug-likeness (QED) is 0.299. The standard InChI is InChI=1S/C34H51NO5S2/c1-8-18-40-26-11-13-27(14-12-26)42(38,39)35-17-19-41-34(32(35)33(36)37,30-20-24(6)9-15-28(30)22(2)3)31-21-25(7)10-16-29(31)23(4)5/h1,11-14,22-25,28-32H,9-10,15-21H2,2-7H3,(H,36,37)/t24?,25?,28?,29?,30?,31?,32-,34?/m0/s1. The summed E-state index contributed by atoms with van der Waals surface area (Å²) in [5.74, 6) is 5.21. The maximum absolute atomic E-state index is 14.4. The second-order valence-electron chi connectivity index (χ2n) is 13.9. The van der Waals surface area contributed by atoms with Crippen LogP contribution in [0.3, 0.4) is 0 Å². The summed E-state index contributed by atoms with van der Waals surface area (Å²) in [6.07, 6.45) is 11.6. The van der Waals surface area contributed by atoms with Gasteiger partial charge in [-0.1, -0.05) is 60.3 Å². The minimum absolute atomic E-state index is 0.0900. The topological polar surface area (TPSA) is 83.9 Å². The Morgan fingerprint density at radius 1 is 1.02 bits per heavy atom. The third kappa shape index (κ3) is 6.40. The van der Waals surface area contributed by atoms with E-state index in [-0.39, 0.29) is 29.9 Å². The summed E-state index contributed by atoms with van der Waals surface area (Å²) < 4.78 is 35.0. The Hall–Kier alpha value is -1.69. The average molecular weight is 618 g/mol. The maximum Gasteiger partial charge on any atom is 0.323 e. The van der Waals surface area contributed by atoms with E-state index in [2.05, 4.69) is 47.5 Å². The number of thioether (sulfide) groups is 1. The smallest absolute Gasteiger partial charge is 0.323 e. The number of nitrogens with zero attached hydrogens (tertiary/aromatic N) is 1. The molecular formula is C34H51NO5S2. The van der Waals surface area contributed by atoms with E-state index >= 15 is 0 Å². The van der Waals surface area contributed by atoms with Gasteiger partial charge >= 0.3 is 5.97 Å². The number of hydrogen-bond donors (Lipinski definition) is 1. The van der Waals surface area contributed by atoms with Crippen molar-refractivity contribution in [3.63, 3.8) is 0 Å². The molecule has 1 saturated heterocycles. The van der Waals surface area contributed by atoms with Gasteiger partial charge in [-0.15, -0.1) is 6.42 Å². The van der Waals surface area contributed by atoms with Crippen molar-refractivity contribution in [1.82, 2.24) is 4.31 Å². The molecule has 1 aliphatic heterocycles. The Balaban J connectivity index is 1.90. The number of sulfonamides is 1. The van der Waals surface area contributed by atoms with Gasteiger partial charge in [0, 0.05) is 17.0 Å². The van der Waals surface area contributed by atoms with E-state index in [1.807, 2.05) is 11.8 Å². The van der Waals surface area contributed by atoms with Crippen molar-refractivity contribution >= 4 is 27.8 Å². The second-order valence-corrected chi connectivity index (χ2v) is 17.2. The lowest BCUT2D eigenvalue weighted by Crippen LogP contribution is -2.69. The van der Waals surface area contributed by atoms with Crippen LogP contribution in [0, 0.1) is 59.7 Å². The largest absolute Gasteiger partial charge is 0.481 e. The number of aliphatic carboxylic acids is 1. The van der Waals surface area contributed by atoms with Crippen LogP contribution in [-0.4, -0.2) is 53.5 Å². The molecule has 42 heavy (non-hydrogen) atoms. The molecule has 7 atom stereocenters. The van der Waals surface area contributed by atoms with Gasteiger partial charge in [-0.05, 0) is 97.3 Å². The van der Waals surface area contributed by atoms with E-state index in [9.17, 15) is 18.3 Å². The Bertz CT molecular complexity index is 1190. The van der Waals surface area contributed by atoms with Crippen LogP contribution in [0.1, 0.15) is 80.1 Å². The number of carbonyl (C=O) groups is 1. The molecule has 2 aliphatic carbocycles. The zero-order valence-electron chi connectivity index (χ0n) is 26.3. The molecule has 3 aliphatic rings. The van der Waals surface area contributed by atoms with E-state index < -0.39 is 26.8 Å². The molecule has 234 valence electrons. The van der Waals surface area contributed by atoms with Crippen molar-refractivity contribution in [3.05, 3.63) is 24.3 Å². The van der Waals surface area contributed by atoms with Gasteiger partial charge in [-0.25, -0.2) is 8.42 Å². The fourth-order valence-corrected chi connectivity index (χ4v) is 12.4. The highest BCUT2D eigenvalue weighted by Gasteiger charge is 2.64. The van der Waals surface area contributed by atoms with Crippen molar-refractivity contribution in [1.29, 1.82) is 0 Å². The van der Waals surface area contributed by atoms with E-state index in [0.717, 1.165) is 38.5 Å². The van der Waals surface area contributed by atoms with Crippen LogP contribution in [0.4, 0.5) is 0 Å². The van der Waals surface area contributed by atoms with Crippen LogP contribution in [0.2, 0.25) is 0 Å². The Labute approximate surface area is 258 Å². The lowest BCUT2D eigenvalue weighted by molar-refractivity contribution is -0.146. The molecule has 6 unspecified atom stereocenters. The Morgan fingerprint density at radius 2 is 1.55 bits per heavy atom. The summed E-state index contributed by atoms with van der Waals surface area (Å²) in [5.41, 5.74) is 0. The number of ether oxygens (including phenoxy) is 1. The van der Waals surface area contributed by atoms with Gasteiger partial charge < -0.3 is 9.84 Å².